The lowest BCUT2D eigenvalue weighted by molar-refractivity contribution is -0.149. The number of ether oxygens (including phenoxy) is 1. The van der Waals surface area contributed by atoms with Crippen LogP contribution in [0.4, 0.5) is 0 Å². The summed E-state index contributed by atoms with van der Waals surface area (Å²) >= 11 is 0. The Bertz CT molecular complexity index is 366. The van der Waals surface area contributed by atoms with Crippen LogP contribution in [-0.4, -0.2) is 12.6 Å². The first kappa shape index (κ1) is 30.5. The maximum Gasteiger partial charge on any atom is 0.308 e. The molecule has 0 amide bonds. The number of unbranched alkanes of at least 4 members (excludes halogenated alkanes) is 15. The van der Waals surface area contributed by atoms with Crippen molar-refractivity contribution in [3.05, 3.63) is 0 Å². The van der Waals surface area contributed by atoms with Crippen molar-refractivity contribution in [2.24, 2.45) is 11.8 Å². The summed E-state index contributed by atoms with van der Waals surface area (Å²) < 4.78 is 5.80. The van der Waals surface area contributed by atoms with E-state index in [0.29, 0.717) is 12.5 Å². The molecule has 0 aromatic carbocycles. The standard InChI is InChI=1S/C29H58O2/c1-5-8-11-14-16-17-18-20-23-27(4)29(30)31-26-28(24-21-13-10-7-3)25-22-19-15-12-9-6-2/h27-28H,5-26H2,1-4H3. The van der Waals surface area contributed by atoms with Gasteiger partial charge in [0.2, 0.25) is 0 Å². The molecule has 0 aliphatic heterocycles. The van der Waals surface area contributed by atoms with Crippen molar-refractivity contribution in [3.63, 3.8) is 0 Å². The van der Waals surface area contributed by atoms with Gasteiger partial charge in [0.15, 0.2) is 0 Å². The zero-order chi connectivity index (χ0) is 23.0. The third-order valence-corrected chi connectivity index (χ3v) is 6.79. The molecule has 0 spiro atoms. The van der Waals surface area contributed by atoms with E-state index < -0.39 is 0 Å². The topological polar surface area (TPSA) is 26.3 Å². The van der Waals surface area contributed by atoms with Gasteiger partial charge in [-0.25, -0.2) is 0 Å². The Labute approximate surface area is 196 Å². The van der Waals surface area contributed by atoms with Gasteiger partial charge in [0.25, 0.3) is 0 Å². The molecule has 0 aliphatic rings. The number of hydrogen-bond acceptors (Lipinski definition) is 2. The smallest absolute Gasteiger partial charge is 0.308 e. The van der Waals surface area contributed by atoms with Crippen LogP contribution in [0.5, 0.6) is 0 Å². The molecular formula is C29H58O2. The number of rotatable bonds is 24. The second-order valence-corrected chi connectivity index (χ2v) is 10.1. The van der Waals surface area contributed by atoms with Crippen LogP contribution < -0.4 is 0 Å². The molecule has 2 heteroatoms. The minimum Gasteiger partial charge on any atom is -0.465 e. The number of carbonyl (C=O) groups is 1. The van der Waals surface area contributed by atoms with E-state index in [2.05, 4.69) is 27.7 Å². The van der Waals surface area contributed by atoms with E-state index in [9.17, 15) is 4.79 Å². The first-order valence-electron chi connectivity index (χ1n) is 14.3. The Morgan fingerprint density at radius 1 is 0.548 bits per heavy atom. The van der Waals surface area contributed by atoms with Crippen LogP contribution in [0.3, 0.4) is 0 Å². The van der Waals surface area contributed by atoms with E-state index in [0.717, 1.165) is 6.42 Å². The van der Waals surface area contributed by atoms with Crippen LogP contribution in [0.2, 0.25) is 0 Å². The zero-order valence-electron chi connectivity index (χ0n) is 22.0. The SMILES string of the molecule is CCCCCCCCCCC(C)C(=O)OCC(CCCCCC)CCCCCCCC. The highest BCUT2D eigenvalue weighted by molar-refractivity contribution is 5.71. The molecule has 0 saturated carbocycles. The molecule has 2 unspecified atom stereocenters. The summed E-state index contributed by atoms with van der Waals surface area (Å²) in [5.74, 6) is 0.682. The Balaban J connectivity index is 4.00. The second-order valence-electron chi connectivity index (χ2n) is 10.1. The predicted octanol–water partition coefficient (Wildman–Crippen LogP) is 10.0. The molecule has 2 nitrogen and oxygen atoms in total. The largest absolute Gasteiger partial charge is 0.465 e. The molecule has 0 aromatic heterocycles. The minimum atomic E-state index is 0.0458. The summed E-state index contributed by atoms with van der Waals surface area (Å²) in [6.45, 7) is 9.53. The van der Waals surface area contributed by atoms with Crippen molar-refractivity contribution in [1.29, 1.82) is 0 Å². The summed E-state index contributed by atoms with van der Waals surface area (Å²) in [6, 6.07) is 0. The fourth-order valence-corrected chi connectivity index (χ4v) is 4.43. The highest BCUT2D eigenvalue weighted by atomic mass is 16.5. The molecule has 0 radical (unpaired) electrons. The zero-order valence-corrected chi connectivity index (χ0v) is 22.0. The lowest BCUT2D eigenvalue weighted by atomic mass is 9.95. The van der Waals surface area contributed by atoms with Crippen molar-refractivity contribution in [3.8, 4) is 0 Å². The average Bonchev–Trinajstić information content (AvgIpc) is 2.78. The molecule has 0 rings (SSSR count). The highest BCUT2D eigenvalue weighted by Crippen LogP contribution is 2.21. The van der Waals surface area contributed by atoms with Crippen molar-refractivity contribution >= 4 is 5.97 Å². The summed E-state index contributed by atoms with van der Waals surface area (Å²) in [4.78, 5) is 12.5. The Hall–Kier alpha value is -0.530. The fraction of sp³-hybridized carbons (Fsp3) is 0.966. The summed E-state index contributed by atoms with van der Waals surface area (Å²) in [5, 5.41) is 0. The van der Waals surface area contributed by atoms with Gasteiger partial charge in [0, 0.05) is 0 Å². The molecule has 2 atom stereocenters. The first-order chi connectivity index (χ1) is 15.2. The summed E-state index contributed by atoms with van der Waals surface area (Å²) in [6.07, 6.45) is 27.3. The maximum absolute atomic E-state index is 12.5. The predicted molar refractivity (Wildman–Crippen MR) is 138 cm³/mol. The van der Waals surface area contributed by atoms with Crippen LogP contribution >= 0.6 is 0 Å². The third-order valence-electron chi connectivity index (χ3n) is 6.79. The average molecular weight is 439 g/mol. The van der Waals surface area contributed by atoms with Crippen molar-refractivity contribution in [2.45, 2.75) is 163 Å². The van der Waals surface area contributed by atoms with Gasteiger partial charge in [-0.2, -0.15) is 0 Å². The van der Waals surface area contributed by atoms with E-state index in [1.54, 1.807) is 0 Å². The molecule has 31 heavy (non-hydrogen) atoms. The number of esters is 1. The third kappa shape index (κ3) is 21.1. The lowest BCUT2D eigenvalue weighted by Gasteiger charge is -2.19. The maximum atomic E-state index is 12.5. The molecule has 0 saturated heterocycles. The Kier molecular flexibility index (Phi) is 23.7. The van der Waals surface area contributed by atoms with Gasteiger partial charge in [0.1, 0.15) is 0 Å². The fourth-order valence-electron chi connectivity index (χ4n) is 4.43. The van der Waals surface area contributed by atoms with Crippen LogP contribution in [0.25, 0.3) is 0 Å². The van der Waals surface area contributed by atoms with E-state index in [-0.39, 0.29) is 11.9 Å². The van der Waals surface area contributed by atoms with Crippen molar-refractivity contribution in [1.82, 2.24) is 0 Å². The van der Waals surface area contributed by atoms with Crippen LogP contribution in [0.1, 0.15) is 163 Å². The molecule has 0 N–H and O–H groups in total. The van der Waals surface area contributed by atoms with E-state index in [1.807, 2.05) is 0 Å². The molecular weight excluding hydrogens is 380 g/mol. The summed E-state index contributed by atoms with van der Waals surface area (Å²) in [5.41, 5.74) is 0. The van der Waals surface area contributed by atoms with Gasteiger partial charge in [-0.15, -0.1) is 0 Å². The first-order valence-corrected chi connectivity index (χ1v) is 14.3. The van der Waals surface area contributed by atoms with E-state index in [1.165, 1.54) is 128 Å². The minimum absolute atomic E-state index is 0.0458. The van der Waals surface area contributed by atoms with Crippen molar-refractivity contribution in [2.75, 3.05) is 6.61 Å². The van der Waals surface area contributed by atoms with Gasteiger partial charge < -0.3 is 4.74 Å². The van der Waals surface area contributed by atoms with Gasteiger partial charge in [-0.3, -0.25) is 4.79 Å². The van der Waals surface area contributed by atoms with Crippen molar-refractivity contribution < 1.29 is 9.53 Å². The Morgan fingerprint density at radius 3 is 1.35 bits per heavy atom. The highest BCUT2D eigenvalue weighted by Gasteiger charge is 2.17. The number of carbonyl (C=O) groups excluding carboxylic acids is 1. The molecule has 186 valence electrons. The lowest BCUT2D eigenvalue weighted by Crippen LogP contribution is -2.20. The van der Waals surface area contributed by atoms with Crippen LogP contribution in [-0.2, 0) is 9.53 Å². The van der Waals surface area contributed by atoms with Crippen LogP contribution in [0, 0.1) is 11.8 Å². The number of hydrogen-bond donors (Lipinski definition) is 0. The van der Waals surface area contributed by atoms with Gasteiger partial charge >= 0.3 is 5.97 Å². The normalized spacial score (nSPS) is 13.3. The summed E-state index contributed by atoms with van der Waals surface area (Å²) in [7, 11) is 0. The molecule has 0 fully saturated rings. The molecule has 0 heterocycles. The van der Waals surface area contributed by atoms with Gasteiger partial charge in [0.05, 0.1) is 12.5 Å². The monoisotopic (exact) mass is 438 g/mol. The molecule has 0 bridgehead atoms. The van der Waals surface area contributed by atoms with Crippen LogP contribution in [0.15, 0.2) is 0 Å². The van der Waals surface area contributed by atoms with E-state index >= 15 is 0 Å². The van der Waals surface area contributed by atoms with Gasteiger partial charge in [-0.1, -0.05) is 143 Å². The molecule has 0 aliphatic carbocycles. The second kappa shape index (κ2) is 24.1. The molecule has 0 aromatic rings. The Morgan fingerprint density at radius 2 is 0.903 bits per heavy atom. The van der Waals surface area contributed by atoms with E-state index in [4.69, 9.17) is 4.74 Å². The quantitative estimate of drug-likeness (QED) is 0.111. The van der Waals surface area contributed by atoms with Gasteiger partial charge in [-0.05, 0) is 25.2 Å².